The molecule has 2 heterocycles. The van der Waals surface area contributed by atoms with Crippen LogP contribution in [0, 0.1) is 0 Å². The molecule has 0 unspecified atom stereocenters. The maximum absolute atomic E-state index is 11.0. The smallest absolute Gasteiger partial charge is 0.217 e. The van der Waals surface area contributed by atoms with Gasteiger partial charge in [-0.2, -0.15) is 4.99 Å². The monoisotopic (exact) mass is 469 g/mol. The number of amides is 1. The molecule has 0 aromatic carbocycles. The first-order chi connectivity index (χ1) is 11.9. The van der Waals surface area contributed by atoms with E-state index < -0.39 is 0 Å². The number of carbonyl (C=O) groups excluding carboxylic acids is 1. The van der Waals surface area contributed by atoms with Crippen LogP contribution in [0.4, 0.5) is 5.13 Å². The van der Waals surface area contributed by atoms with E-state index in [1.165, 1.54) is 18.3 Å². The zero-order chi connectivity index (χ0) is 18.2. The summed E-state index contributed by atoms with van der Waals surface area (Å²) in [5.74, 6) is 0.254. The molecule has 2 rings (SSSR count). The number of likely N-dealkylation sites (N-methyl/N-ethyl adjacent to an activating group) is 1. The minimum Gasteiger partial charge on any atom is -0.370 e. The van der Waals surface area contributed by atoms with E-state index in [9.17, 15) is 4.79 Å². The Balaban J connectivity index is 0. The Bertz CT molecular complexity index is 755. The maximum Gasteiger partial charge on any atom is 0.217 e. The molecular formula is C16H26Cl3N7OS. The SMILES string of the molecule is CC(=O)NCc1cccc(-c2csc(/N=C(\N)NCCN(C)C)n2)n1.Cl.Cl.Cl. The molecule has 1 amide bonds. The van der Waals surface area contributed by atoms with Crippen molar-refractivity contribution in [2.75, 3.05) is 27.2 Å². The second-order valence-corrected chi connectivity index (χ2v) is 6.50. The van der Waals surface area contributed by atoms with Crippen LogP contribution in [0.5, 0.6) is 0 Å². The van der Waals surface area contributed by atoms with Crippen molar-refractivity contribution in [1.82, 2.24) is 25.5 Å². The molecule has 0 bridgehead atoms. The molecule has 12 heteroatoms. The Kier molecular flexibility index (Phi) is 14.6. The van der Waals surface area contributed by atoms with E-state index in [-0.39, 0.29) is 43.1 Å². The van der Waals surface area contributed by atoms with Crippen LogP contribution >= 0.6 is 48.6 Å². The van der Waals surface area contributed by atoms with E-state index in [0.29, 0.717) is 24.2 Å². The highest BCUT2D eigenvalue weighted by Crippen LogP contribution is 2.25. The van der Waals surface area contributed by atoms with Gasteiger partial charge in [0.05, 0.1) is 17.9 Å². The molecule has 0 fully saturated rings. The number of nitrogens with zero attached hydrogens (tertiary/aromatic N) is 4. The van der Waals surface area contributed by atoms with E-state index in [1.54, 1.807) is 0 Å². The third-order valence-corrected chi connectivity index (χ3v) is 3.90. The van der Waals surface area contributed by atoms with E-state index in [4.69, 9.17) is 5.73 Å². The molecule has 0 aliphatic rings. The number of pyridine rings is 1. The number of nitrogens with one attached hydrogen (secondary N) is 2. The normalized spacial score (nSPS) is 10.4. The lowest BCUT2D eigenvalue weighted by Gasteiger charge is -2.10. The fourth-order valence-corrected chi connectivity index (χ4v) is 2.61. The first kappa shape index (κ1) is 28.6. The van der Waals surface area contributed by atoms with Gasteiger partial charge in [-0.1, -0.05) is 6.07 Å². The molecule has 0 saturated carbocycles. The van der Waals surface area contributed by atoms with Gasteiger partial charge in [0.25, 0.3) is 0 Å². The average molecular weight is 471 g/mol. The number of hydrogen-bond donors (Lipinski definition) is 3. The summed E-state index contributed by atoms with van der Waals surface area (Å²) in [7, 11) is 3.99. The standard InChI is InChI=1S/C16H23N7OS.3ClH/c1-11(24)19-9-12-5-4-6-13(20-12)14-10-25-16(21-14)22-15(17)18-7-8-23(2)3;;;/h4-6,10H,7-9H2,1-3H3,(H,19,24)(H3,17,18,21,22);3*1H. The van der Waals surface area contributed by atoms with Crippen LogP contribution in [0.25, 0.3) is 11.4 Å². The zero-order valence-corrected chi connectivity index (χ0v) is 19.1. The van der Waals surface area contributed by atoms with Gasteiger partial charge in [-0.3, -0.25) is 4.79 Å². The van der Waals surface area contributed by atoms with Crippen molar-refractivity contribution in [3.05, 3.63) is 29.3 Å². The van der Waals surface area contributed by atoms with Crippen molar-refractivity contribution >= 4 is 65.6 Å². The molecular weight excluding hydrogens is 445 g/mol. The molecule has 28 heavy (non-hydrogen) atoms. The van der Waals surface area contributed by atoms with Crippen molar-refractivity contribution in [2.24, 2.45) is 10.7 Å². The highest BCUT2D eigenvalue weighted by molar-refractivity contribution is 7.13. The Labute approximate surface area is 187 Å². The number of halogens is 3. The van der Waals surface area contributed by atoms with Crippen LogP contribution in [-0.4, -0.2) is 53.9 Å². The van der Waals surface area contributed by atoms with Gasteiger partial charge < -0.3 is 21.3 Å². The summed E-state index contributed by atoms with van der Waals surface area (Å²) in [5.41, 5.74) is 8.10. The summed E-state index contributed by atoms with van der Waals surface area (Å²) in [4.78, 5) is 26.3. The van der Waals surface area contributed by atoms with Gasteiger partial charge in [-0.05, 0) is 26.2 Å². The van der Waals surface area contributed by atoms with Gasteiger partial charge in [0.2, 0.25) is 11.0 Å². The summed E-state index contributed by atoms with van der Waals surface area (Å²) in [6.45, 7) is 3.45. The number of aromatic nitrogens is 2. The van der Waals surface area contributed by atoms with Crippen molar-refractivity contribution in [3.63, 3.8) is 0 Å². The molecule has 0 aliphatic heterocycles. The number of carbonyl (C=O) groups is 1. The topological polar surface area (TPSA) is 109 Å². The Morgan fingerprint density at radius 1 is 1.18 bits per heavy atom. The van der Waals surface area contributed by atoms with Gasteiger partial charge in [0.15, 0.2) is 5.96 Å². The molecule has 0 atom stereocenters. The number of hydrogen-bond acceptors (Lipinski definition) is 6. The summed E-state index contributed by atoms with van der Waals surface area (Å²) in [6.07, 6.45) is 0. The fraction of sp³-hybridized carbons (Fsp3) is 0.375. The number of thiazole rings is 1. The van der Waals surface area contributed by atoms with Crippen LogP contribution in [0.15, 0.2) is 28.6 Å². The molecule has 2 aromatic heterocycles. The highest BCUT2D eigenvalue weighted by atomic mass is 35.5. The molecule has 4 N–H and O–H groups in total. The average Bonchev–Trinajstić information content (AvgIpc) is 3.01. The minimum absolute atomic E-state index is 0. The third kappa shape index (κ3) is 10.0. The predicted octanol–water partition coefficient (Wildman–Crippen LogP) is 2.20. The molecule has 8 nitrogen and oxygen atoms in total. The molecule has 0 radical (unpaired) electrons. The van der Waals surface area contributed by atoms with Crippen molar-refractivity contribution in [3.8, 4) is 11.4 Å². The summed E-state index contributed by atoms with van der Waals surface area (Å²) >= 11 is 1.40. The van der Waals surface area contributed by atoms with Gasteiger partial charge in [0.1, 0.15) is 5.69 Å². The first-order valence-corrected chi connectivity index (χ1v) is 8.71. The lowest BCUT2D eigenvalue weighted by Crippen LogP contribution is -2.36. The quantitative estimate of drug-likeness (QED) is 0.423. The molecule has 0 aliphatic carbocycles. The second-order valence-electron chi connectivity index (χ2n) is 5.67. The Morgan fingerprint density at radius 3 is 2.54 bits per heavy atom. The summed E-state index contributed by atoms with van der Waals surface area (Å²) in [6, 6.07) is 5.62. The van der Waals surface area contributed by atoms with Crippen molar-refractivity contribution < 1.29 is 4.79 Å². The molecule has 0 spiro atoms. The lowest BCUT2D eigenvalue weighted by molar-refractivity contribution is -0.119. The van der Waals surface area contributed by atoms with Gasteiger partial charge in [0, 0.05) is 25.4 Å². The van der Waals surface area contributed by atoms with Crippen LogP contribution in [0.2, 0.25) is 0 Å². The second kappa shape index (κ2) is 14.4. The van der Waals surface area contributed by atoms with Crippen LogP contribution < -0.4 is 16.4 Å². The van der Waals surface area contributed by atoms with E-state index >= 15 is 0 Å². The van der Waals surface area contributed by atoms with Crippen LogP contribution in [0.3, 0.4) is 0 Å². The van der Waals surface area contributed by atoms with Gasteiger partial charge >= 0.3 is 0 Å². The predicted molar refractivity (Wildman–Crippen MR) is 122 cm³/mol. The Hall–Kier alpha value is -1.65. The largest absolute Gasteiger partial charge is 0.370 e. The van der Waals surface area contributed by atoms with Crippen molar-refractivity contribution in [2.45, 2.75) is 13.5 Å². The highest BCUT2D eigenvalue weighted by Gasteiger charge is 2.07. The summed E-state index contributed by atoms with van der Waals surface area (Å²) in [5, 5.41) is 8.23. The molecule has 2 aromatic rings. The Morgan fingerprint density at radius 2 is 1.89 bits per heavy atom. The zero-order valence-electron chi connectivity index (χ0n) is 15.8. The summed E-state index contributed by atoms with van der Waals surface area (Å²) < 4.78 is 0. The molecule has 158 valence electrons. The van der Waals surface area contributed by atoms with Gasteiger partial charge in [-0.15, -0.1) is 48.6 Å². The first-order valence-electron chi connectivity index (χ1n) is 7.83. The van der Waals surface area contributed by atoms with E-state index in [2.05, 4.69) is 30.5 Å². The third-order valence-electron chi connectivity index (χ3n) is 3.16. The fourth-order valence-electron chi connectivity index (χ4n) is 1.92. The van der Waals surface area contributed by atoms with E-state index in [0.717, 1.165) is 23.6 Å². The van der Waals surface area contributed by atoms with Crippen LogP contribution in [0.1, 0.15) is 12.6 Å². The van der Waals surface area contributed by atoms with Gasteiger partial charge in [-0.25, -0.2) is 9.97 Å². The van der Waals surface area contributed by atoms with Crippen molar-refractivity contribution in [1.29, 1.82) is 0 Å². The minimum atomic E-state index is -0.0882. The lowest BCUT2D eigenvalue weighted by atomic mass is 10.2. The number of guanidine groups is 1. The number of rotatable bonds is 7. The van der Waals surface area contributed by atoms with Crippen LogP contribution in [-0.2, 0) is 11.3 Å². The molecule has 0 saturated heterocycles. The number of nitrogens with two attached hydrogens (primary N) is 1. The number of aliphatic imine (C=N–C) groups is 1. The van der Waals surface area contributed by atoms with E-state index in [1.807, 2.05) is 37.7 Å². The maximum atomic E-state index is 11.0.